The van der Waals surface area contributed by atoms with Gasteiger partial charge in [0, 0.05) is 25.2 Å². The van der Waals surface area contributed by atoms with Crippen molar-refractivity contribution in [2.45, 2.75) is 57.0 Å². The van der Waals surface area contributed by atoms with Crippen molar-refractivity contribution in [1.29, 1.82) is 0 Å². The quantitative estimate of drug-likeness (QED) is 0.816. The normalized spacial score (nSPS) is 36.9. The standard InChI is InChI=1S/C15H27N3O/c16-14-7-3-6-13(14)15(19)18-10-4-5-12(11-18)17-8-1-2-9-17/h12-14H,1-11,16H2/t12-,13+,14-/m1/s1. The lowest BCUT2D eigenvalue weighted by molar-refractivity contribution is -0.137. The van der Waals surface area contributed by atoms with E-state index in [1.807, 2.05) is 0 Å². The zero-order chi connectivity index (χ0) is 13.2. The summed E-state index contributed by atoms with van der Waals surface area (Å²) in [5, 5.41) is 0. The van der Waals surface area contributed by atoms with Crippen LogP contribution in [0.1, 0.15) is 44.9 Å². The lowest BCUT2D eigenvalue weighted by atomic mass is 9.98. The molecule has 0 aromatic heterocycles. The summed E-state index contributed by atoms with van der Waals surface area (Å²) in [7, 11) is 0. The average molecular weight is 265 g/mol. The predicted molar refractivity (Wildman–Crippen MR) is 75.7 cm³/mol. The second kappa shape index (κ2) is 5.80. The largest absolute Gasteiger partial charge is 0.341 e. The molecule has 3 fully saturated rings. The van der Waals surface area contributed by atoms with Crippen molar-refractivity contribution in [3.8, 4) is 0 Å². The Morgan fingerprint density at radius 3 is 2.42 bits per heavy atom. The summed E-state index contributed by atoms with van der Waals surface area (Å²) in [4.78, 5) is 17.3. The molecule has 4 heteroatoms. The van der Waals surface area contributed by atoms with Crippen molar-refractivity contribution in [1.82, 2.24) is 9.80 Å². The maximum atomic E-state index is 12.6. The first kappa shape index (κ1) is 13.4. The van der Waals surface area contributed by atoms with E-state index in [2.05, 4.69) is 9.80 Å². The highest BCUT2D eigenvalue weighted by atomic mass is 16.2. The lowest BCUT2D eigenvalue weighted by Crippen LogP contribution is -2.51. The molecule has 2 heterocycles. The van der Waals surface area contributed by atoms with Crippen LogP contribution >= 0.6 is 0 Å². The van der Waals surface area contributed by atoms with Crippen LogP contribution in [0.25, 0.3) is 0 Å². The molecule has 0 bridgehead atoms. The van der Waals surface area contributed by atoms with Crippen molar-refractivity contribution in [2.24, 2.45) is 11.7 Å². The van der Waals surface area contributed by atoms with Crippen molar-refractivity contribution >= 4 is 5.91 Å². The summed E-state index contributed by atoms with van der Waals surface area (Å²) in [6.07, 6.45) is 8.25. The molecule has 0 unspecified atom stereocenters. The molecule has 2 aliphatic heterocycles. The number of nitrogens with zero attached hydrogens (tertiary/aromatic N) is 2. The minimum Gasteiger partial charge on any atom is -0.341 e. The van der Waals surface area contributed by atoms with Gasteiger partial charge in [-0.25, -0.2) is 0 Å². The Kier molecular flexibility index (Phi) is 4.08. The van der Waals surface area contributed by atoms with E-state index in [0.717, 1.165) is 38.8 Å². The van der Waals surface area contributed by atoms with Crippen LogP contribution < -0.4 is 5.73 Å². The van der Waals surface area contributed by atoms with Crippen LogP contribution in [-0.2, 0) is 4.79 Å². The van der Waals surface area contributed by atoms with Gasteiger partial charge in [0.05, 0.1) is 5.92 Å². The molecule has 0 aromatic rings. The Bertz CT molecular complexity index is 327. The molecule has 2 N–H and O–H groups in total. The summed E-state index contributed by atoms with van der Waals surface area (Å²) >= 11 is 0. The van der Waals surface area contributed by atoms with E-state index >= 15 is 0 Å². The fraction of sp³-hybridized carbons (Fsp3) is 0.933. The summed E-state index contributed by atoms with van der Waals surface area (Å²) < 4.78 is 0. The zero-order valence-corrected chi connectivity index (χ0v) is 11.9. The minimum absolute atomic E-state index is 0.109. The highest BCUT2D eigenvalue weighted by Gasteiger charge is 2.36. The number of nitrogens with two attached hydrogens (primary N) is 1. The van der Waals surface area contributed by atoms with Gasteiger partial charge in [0.2, 0.25) is 5.91 Å². The summed E-state index contributed by atoms with van der Waals surface area (Å²) in [6.45, 7) is 4.36. The van der Waals surface area contributed by atoms with Crippen LogP contribution in [0.5, 0.6) is 0 Å². The van der Waals surface area contributed by atoms with E-state index in [9.17, 15) is 4.79 Å². The molecule has 0 spiro atoms. The topological polar surface area (TPSA) is 49.6 Å². The summed E-state index contributed by atoms with van der Waals surface area (Å²) in [5.41, 5.74) is 6.09. The Labute approximate surface area is 116 Å². The number of carbonyl (C=O) groups is 1. The molecule has 3 aliphatic rings. The van der Waals surface area contributed by atoms with Crippen molar-refractivity contribution < 1.29 is 4.79 Å². The molecule has 1 saturated carbocycles. The van der Waals surface area contributed by atoms with Gasteiger partial charge in [-0.15, -0.1) is 0 Å². The third kappa shape index (κ3) is 2.79. The second-order valence-corrected chi connectivity index (χ2v) is 6.52. The first-order valence-electron chi connectivity index (χ1n) is 8.04. The van der Waals surface area contributed by atoms with E-state index in [0.29, 0.717) is 11.9 Å². The monoisotopic (exact) mass is 265 g/mol. The lowest BCUT2D eigenvalue weighted by Gasteiger charge is -2.39. The van der Waals surface area contributed by atoms with Gasteiger partial charge in [0.1, 0.15) is 0 Å². The number of piperidine rings is 1. The predicted octanol–water partition coefficient (Wildman–Crippen LogP) is 1.20. The SMILES string of the molecule is N[C@@H]1CCC[C@@H]1C(=O)N1CCC[C@@H](N2CCCC2)C1. The van der Waals surface area contributed by atoms with Gasteiger partial charge < -0.3 is 10.6 Å². The number of amides is 1. The molecule has 0 radical (unpaired) electrons. The third-order valence-electron chi connectivity index (χ3n) is 5.25. The molecule has 3 rings (SSSR count). The van der Waals surface area contributed by atoms with Crippen LogP contribution in [-0.4, -0.2) is 54.0 Å². The third-order valence-corrected chi connectivity index (χ3v) is 5.25. The molecule has 0 aromatic carbocycles. The van der Waals surface area contributed by atoms with Gasteiger partial charge in [-0.2, -0.15) is 0 Å². The summed E-state index contributed by atoms with van der Waals surface area (Å²) in [6, 6.07) is 0.720. The molecular formula is C15H27N3O. The van der Waals surface area contributed by atoms with Crippen LogP contribution in [0.2, 0.25) is 0 Å². The van der Waals surface area contributed by atoms with Gasteiger partial charge in [0.15, 0.2) is 0 Å². The van der Waals surface area contributed by atoms with Crippen LogP contribution in [0.4, 0.5) is 0 Å². The minimum atomic E-state index is 0.109. The van der Waals surface area contributed by atoms with Crippen LogP contribution in [0, 0.1) is 5.92 Å². The van der Waals surface area contributed by atoms with Crippen LogP contribution in [0.3, 0.4) is 0 Å². The van der Waals surface area contributed by atoms with Crippen molar-refractivity contribution in [3.63, 3.8) is 0 Å². The second-order valence-electron chi connectivity index (χ2n) is 6.52. The maximum absolute atomic E-state index is 12.6. The smallest absolute Gasteiger partial charge is 0.227 e. The van der Waals surface area contributed by atoms with Gasteiger partial charge in [0.25, 0.3) is 0 Å². The number of rotatable bonds is 2. The Balaban J connectivity index is 1.59. The number of hydrogen-bond acceptors (Lipinski definition) is 3. The van der Waals surface area contributed by atoms with Crippen LogP contribution in [0.15, 0.2) is 0 Å². The van der Waals surface area contributed by atoms with Crippen molar-refractivity contribution in [2.75, 3.05) is 26.2 Å². The molecule has 2 saturated heterocycles. The Morgan fingerprint density at radius 2 is 1.74 bits per heavy atom. The molecule has 1 amide bonds. The molecule has 108 valence electrons. The van der Waals surface area contributed by atoms with Gasteiger partial charge in [-0.3, -0.25) is 9.69 Å². The van der Waals surface area contributed by atoms with Gasteiger partial charge in [-0.05, 0) is 51.6 Å². The van der Waals surface area contributed by atoms with E-state index in [1.165, 1.54) is 32.4 Å². The highest BCUT2D eigenvalue weighted by molar-refractivity contribution is 5.80. The summed E-state index contributed by atoms with van der Waals surface area (Å²) in [5.74, 6) is 0.450. The van der Waals surface area contributed by atoms with E-state index in [4.69, 9.17) is 5.73 Å². The first-order valence-corrected chi connectivity index (χ1v) is 8.04. The zero-order valence-electron chi connectivity index (χ0n) is 11.9. The van der Waals surface area contributed by atoms with E-state index in [-0.39, 0.29) is 12.0 Å². The molecule has 3 atom stereocenters. The molecule has 1 aliphatic carbocycles. The molecular weight excluding hydrogens is 238 g/mol. The number of likely N-dealkylation sites (tertiary alicyclic amines) is 2. The van der Waals surface area contributed by atoms with Crippen molar-refractivity contribution in [3.05, 3.63) is 0 Å². The maximum Gasteiger partial charge on any atom is 0.227 e. The fourth-order valence-electron chi connectivity index (χ4n) is 4.09. The number of carbonyl (C=O) groups excluding carboxylic acids is 1. The fourth-order valence-corrected chi connectivity index (χ4v) is 4.09. The average Bonchev–Trinajstić information content (AvgIpc) is 3.09. The molecule has 4 nitrogen and oxygen atoms in total. The van der Waals surface area contributed by atoms with E-state index < -0.39 is 0 Å². The molecule has 19 heavy (non-hydrogen) atoms. The van der Waals surface area contributed by atoms with Gasteiger partial charge in [-0.1, -0.05) is 6.42 Å². The van der Waals surface area contributed by atoms with Gasteiger partial charge >= 0.3 is 0 Å². The highest BCUT2D eigenvalue weighted by Crippen LogP contribution is 2.28. The Hall–Kier alpha value is -0.610. The number of hydrogen-bond donors (Lipinski definition) is 1. The Morgan fingerprint density at radius 1 is 0.947 bits per heavy atom. The first-order chi connectivity index (χ1) is 9.25. The van der Waals surface area contributed by atoms with E-state index in [1.54, 1.807) is 0 Å².